The maximum Gasteiger partial charge on any atom is 0.00377 e. The topological polar surface area (TPSA) is 18.5 Å². The molecule has 1 N–H and O–H groups in total. The van der Waals surface area contributed by atoms with Crippen LogP contribution in [0, 0.1) is 16.7 Å². The Morgan fingerprint density at radius 3 is 1.79 bits per heavy atom. The first kappa shape index (κ1) is 35.0. The highest BCUT2D eigenvalue weighted by Crippen LogP contribution is 2.52. The third kappa shape index (κ3) is 13.5. The maximum atomic E-state index is 3.52. The summed E-state index contributed by atoms with van der Waals surface area (Å²) in [4.78, 5) is 5.11. The van der Waals surface area contributed by atoms with Crippen LogP contribution in [0.25, 0.3) is 0 Å². The molecule has 1 heterocycles. The number of piperidine rings is 1. The van der Waals surface area contributed by atoms with Gasteiger partial charge < -0.3 is 15.1 Å². The molecule has 0 bridgehead atoms. The van der Waals surface area contributed by atoms with Crippen molar-refractivity contribution in [2.75, 3.05) is 52.9 Å². The monoisotopic (exact) mass is 470 g/mol. The zero-order valence-corrected chi connectivity index (χ0v) is 25.3. The Balaban J connectivity index is 0. The number of hydrogen-bond acceptors (Lipinski definition) is 3. The van der Waals surface area contributed by atoms with Gasteiger partial charge in [-0.05, 0) is 114 Å². The largest absolute Gasteiger partial charge is 0.317 e. The molecule has 1 aliphatic carbocycles. The minimum Gasteiger partial charge on any atom is -0.317 e. The minimum absolute atomic E-state index is 0.581. The van der Waals surface area contributed by atoms with Gasteiger partial charge in [0.1, 0.15) is 0 Å². The molecule has 1 saturated carbocycles. The molecule has 0 amide bonds. The average Bonchev–Trinajstić information content (AvgIpc) is 2.87. The van der Waals surface area contributed by atoms with E-state index in [4.69, 9.17) is 0 Å². The second-order valence-electron chi connectivity index (χ2n) is 10.2. The number of nitrogens with zero attached hydrogens (tertiary/aromatic N) is 2. The van der Waals surface area contributed by atoms with E-state index in [-0.39, 0.29) is 0 Å². The fraction of sp³-hybridized carbons (Fsp3) is 1.00. The number of likely N-dealkylation sites (tertiary alicyclic amines) is 1. The van der Waals surface area contributed by atoms with Gasteiger partial charge in [-0.1, -0.05) is 75.7 Å². The van der Waals surface area contributed by atoms with Crippen LogP contribution in [0.3, 0.4) is 0 Å². The van der Waals surface area contributed by atoms with E-state index in [2.05, 4.69) is 63.7 Å². The van der Waals surface area contributed by atoms with Crippen LogP contribution in [0.2, 0.25) is 0 Å². The molecular weight excluding hydrogens is 402 g/mol. The lowest BCUT2D eigenvalue weighted by molar-refractivity contribution is -0.0239. The van der Waals surface area contributed by atoms with Crippen molar-refractivity contribution < 1.29 is 0 Å². The molecule has 0 aromatic carbocycles. The standard InChI is InChI=1S/C19H38N2.C7H17N.2C2H6/c1-5-18(6-2,7-3)16-21-11-9-19(10-12-21)13-17(14-19)15-20-8-4;1-4-6-7-8(3)5-2;2*1-2/h17,20H,5-16H2,1-4H3;4-7H2,1-3H3;2*1-2H3. The fourth-order valence-corrected chi connectivity index (χ4v) is 5.40. The van der Waals surface area contributed by atoms with Gasteiger partial charge in [0.2, 0.25) is 0 Å². The van der Waals surface area contributed by atoms with Crippen molar-refractivity contribution in [1.29, 1.82) is 0 Å². The second-order valence-corrected chi connectivity index (χ2v) is 10.2. The maximum absolute atomic E-state index is 3.52. The van der Waals surface area contributed by atoms with Gasteiger partial charge >= 0.3 is 0 Å². The smallest absolute Gasteiger partial charge is 0.00377 e. The number of nitrogens with one attached hydrogen (secondary N) is 1. The van der Waals surface area contributed by atoms with E-state index in [9.17, 15) is 0 Å². The molecule has 0 radical (unpaired) electrons. The molecule has 2 rings (SSSR count). The predicted molar refractivity (Wildman–Crippen MR) is 153 cm³/mol. The molecule has 0 aromatic rings. The first-order valence-electron chi connectivity index (χ1n) is 15.0. The Labute approximate surface area is 211 Å². The molecule has 2 fully saturated rings. The Bertz CT molecular complexity index is 381. The summed E-state index contributed by atoms with van der Waals surface area (Å²) in [6.45, 7) is 30.7. The molecular formula is C30H67N3. The van der Waals surface area contributed by atoms with Crippen LogP contribution in [0.1, 0.15) is 127 Å². The summed E-state index contributed by atoms with van der Waals surface area (Å²) in [5.41, 5.74) is 1.32. The highest BCUT2D eigenvalue weighted by Gasteiger charge is 2.45. The van der Waals surface area contributed by atoms with Gasteiger partial charge in [-0.2, -0.15) is 0 Å². The Morgan fingerprint density at radius 1 is 0.879 bits per heavy atom. The highest BCUT2D eigenvalue weighted by atomic mass is 15.1. The molecule has 3 nitrogen and oxygen atoms in total. The summed E-state index contributed by atoms with van der Waals surface area (Å²) in [7, 11) is 2.16. The van der Waals surface area contributed by atoms with E-state index in [1.807, 2.05) is 27.7 Å². The molecule has 1 saturated heterocycles. The molecule has 202 valence electrons. The van der Waals surface area contributed by atoms with E-state index in [0.717, 1.165) is 17.9 Å². The number of rotatable bonds is 12. The Hall–Kier alpha value is -0.120. The van der Waals surface area contributed by atoms with Crippen LogP contribution in [0.5, 0.6) is 0 Å². The molecule has 1 aliphatic heterocycles. The average molecular weight is 470 g/mol. The third-order valence-corrected chi connectivity index (χ3v) is 8.29. The molecule has 0 unspecified atom stereocenters. The summed E-state index contributed by atoms with van der Waals surface area (Å²) in [5, 5.41) is 3.52. The van der Waals surface area contributed by atoms with Crippen LogP contribution in [-0.2, 0) is 0 Å². The van der Waals surface area contributed by atoms with E-state index < -0.39 is 0 Å². The van der Waals surface area contributed by atoms with Crippen LogP contribution >= 0.6 is 0 Å². The molecule has 3 heteroatoms. The molecule has 1 spiro atoms. The SMILES string of the molecule is CC.CC.CCCCN(C)CC.CCNCC1CC2(CCN(CC(CC)(CC)CC)CC2)C1. The minimum atomic E-state index is 0.581. The van der Waals surface area contributed by atoms with Gasteiger partial charge in [-0.25, -0.2) is 0 Å². The fourth-order valence-electron chi connectivity index (χ4n) is 5.40. The second kappa shape index (κ2) is 21.2. The van der Waals surface area contributed by atoms with Gasteiger partial charge in [-0.15, -0.1) is 0 Å². The van der Waals surface area contributed by atoms with E-state index in [1.54, 1.807) is 0 Å². The van der Waals surface area contributed by atoms with E-state index >= 15 is 0 Å². The summed E-state index contributed by atoms with van der Waals surface area (Å²) in [6.07, 6.45) is 12.6. The van der Waals surface area contributed by atoms with Crippen molar-refractivity contribution in [3.8, 4) is 0 Å². The van der Waals surface area contributed by atoms with Crippen LogP contribution in [-0.4, -0.2) is 62.7 Å². The zero-order chi connectivity index (χ0) is 25.8. The lowest BCUT2D eigenvalue weighted by Crippen LogP contribution is -2.51. The summed E-state index contributed by atoms with van der Waals surface area (Å²) in [5.74, 6) is 0.970. The number of hydrogen-bond donors (Lipinski definition) is 1. The molecule has 0 atom stereocenters. The summed E-state index contributed by atoms with van der Waals surface area (Å²) in [6, 6.07) is 0. The Morgan fingerprint density at radius 2 is 1.39 bits per heavy atom. The lowest BCUT2D eigenvalue weighted by Gasteiger charge is -2.53. The van der Waals surface area contributed by atoms with Crippen molar-refractivity contribution in [3.63, 3.8) is 0 Å². The van der Waals surface area contributed by atoms with Gasteiger partial charge in [0.15, 0.2) is 0 Å². The van der Waals surface area contributed by atoms with Gasteiger partial charge in [0.25, 0.3) is 0 Å². The first-order valence-corrected chi connectivity index (χ1v) is 15.0. The van der Waals surface area contributed by atoms with Crippen LogP contribution in [0.4, 0.5) is 0 Å². The quantitative estimate of drug-likeness (QED) is 0.311. The first-order chi connectivity index (χ1) is 15.9. The normalized spacial score (nSPS) is 17.8. The number of unbranched alkanes of at least 4 members (excludes halogenated alkanes) is 1. The molecule has 0 aromatic heterocycles. The van der Waals surface area contributed by atoms with Crippen LogP contribution < -0.4 is 5.32 Å². The van der Waals surface area contributed by atoms with Crippen LogP contribution in [0.15, 0.2) is 0 Å². The van der Waals surface area contributed by atoms with Crippen molar-refractivity contribution in [2.24, 2.45) is 16.7 Å². The van der Waals surface area contributed by atoms with E-state index in [0.29, 0.717) is 5.41 Å². The van der Waals surface area contributed by atoms with Gasteiger partial charge in [-0.3, -0.25) is 0 Å². The highest BCUT2D eigenvalue weighted by molar-refractivity contribution is 4.98. The van der Waals surface area contributed by atoms with Crippen molar-refractivity contribution in [3.05, 3.63) is 0 Å². The summed E-state index contributed by atoms with van der Waals surface area (Å²) >= 11 is 0. The van der Waals surface area contributed by atoms with Crippen molar-refractivity contribution in [1.82, 2.24) is 15.1 Å². The molecule has 33 heavy (non-hydrogen) atoms. The van der Waals surface area contributed by atoms with Gasteiger partial charge in [0, 0.05) is 6.54 Å². The zero-order valence-electron chi connectivity index (χ0n) is 25.3. The van der Waals surface area contributed by atoms with E-state index in [1.165, 1.54) is 97.1 Å². The van der Waals surface area contributed by atoms with Crippen molar-refractivity contribution in [2.45, 2.75) is 127 Å². The summed E-state index contributed by atoms with van der Waals surface area (Å²) < 4.78 is 0. The predicted octanol–water partition coefficient (Wildman–Crippen LogP) is 8.10. The Kier molecular flexibility index (Phi) is 22.5. The third-order valence-electron chi connectivity index (χ3n) is 8.29. The van der Waals surface area contributed by atoms with Gasteiger partial charge in [0.05, 0.1) is 0 Å². The lowest BCUT2D eigenvalue weighted by atomic mass is 9.57. The molecule has 2 aliphatic rings. The van der Waals surface area contributed by atoms with Crippen molar-refractivity contribution >= 4 is 0 Å².